The maximum atomic E-state index is 14.0. The highest BCUT2D eigenvalue weighted by Gasteiger charge is 2.19. The SMILES string of the molecule is CCCNC(COCCOC)c1ccc(C)c(F)c1F. The maximum Gasteiger partial charge on any atom is 0.163 e. The second kappa shape index (κ2) is 9.00. The lowest BCUT2D eigenvalue weighted by molar-refractivity contribution is 0.0580. The Labute approximate surface area is 119 Å². The smallest absolute Gasteiger partial charge is 0.163 e. The molecule has 1 aromatic carbocycles. The molecule has 1 N–H and O–H groups in total. The van der Waals surface area contributed by atoms with Crippen molar-refractivity contribution in [3.63, 3.8) is 0 Å². The van der Waals surface area contributed by atoms with Gasteiger partial charge in [0.25, 0.3) is 0 Å². The third kappa shape index (κ3) is 4.81. The standard InChI is InChI=1S/C15H23F2NO2/c1-4-7-18-13(10-20-9-8-19-3)12-6-5-11(2)14(16)15(12)17/h5-6,13,18H,4,7-10H2,1-3H3. The Balaban J connectivity index is 2.78. The normalized spacial score (nSPS) is 12.7. The van der Waals surface area contributed by atoms with Gasteiger partial charge in [0.15, 0.2) is 11.6 Å². The second-order valence-electron chi connectivity index (χ2n) is 4.67. The molecular formula is C15H23F2NO2. The summed E-state index contributed by atoms with van der Waals surface area (Å²) in [5, 5.41) is 3.18. The van der Waals surface area contributed by atoms with E-state index in [9.17, 15) is 8.78 Å². The topological polar surface area (TPSA) is 30.5 Å². The molecule has 114 valence electrons. The molecule has 0 spiro atoms. The lowest BCUT2D eigenvalue weighted by Gasteiger charge is -2.20. The number of hydrogen-bond donors (Lipinski definition) is 1. The third-order valence-electron chi connectivity index (χ3n) is 3.04. The minimum absolute atomic E-state index is 0.281. The van der Waals surface area contributed by atoms with E-state index in [0.29, 0.717) is 30.9 Å². The van der Waals surface area contributed by atoms with Crippen LogP contribution in [0.15, 0.2) is 12.1 Å². The van der Waals surface area contributed by atoms with E-state index in [0.717, 1.165) is 6.42 Å². The van der Waals surface area contributed by atoms with Crippen LogP contribution in [0, 0.1) is 18.6 Å². The second-order valence-corrected chi connectivity index (χ2v) is 4.67. The van der Waals surface area contributed by atoms with Crippen LogP contribution in [0.4, 0.5) is 8.78 Å². The van der Waals surface area contributed by atoms with Crippen molar-refractivity contribution in [3.05, 3.63) is 34.9 Å². The number of hydrogen-bond acceptors (Lipinski definition) is 3. The van der Waals surface area contributed by atoms with E-state index in [2.05, 4.69) is 5.32 Å². The molecule has 0 aliphatic heterocycles. The number of ether oxygens (including phenoxy) is 2. The van der Waals surface area contributed by atoms with E-state index in [1.54, 1.807) is 26.2 Å². The molecule has 20 heavy (non-hydrogen) atoms. The summed E-state index contributed by atoms with van der Waals surface area (Å²) >= 11 is 0. The molecule has 0 aromatic heterocycles. The molecule has 1 aromatic rings. The molecule has 0 aliphatic rings. The summed E-state index contributed by atoms with van der Waals surface area (Å²) < 4.78 is 38.0. The summed E-state index contributed by atoms with van der Waals surface area (Å²) in [5.74, 6) is -1.59. The molecule has 3 nitrogen and oxygen atoms in total. The molecule has 0 fully saturated rings. The van der Waals surface area contributed by atoms with Gasteiger partial charge in [0.1, 0.15) is 0 Å². The molecule has 0 radical (unpaired) electrons. The molecule has 1 rings (SSSR count). The molecule has 5 heteroatoms. The van der Waals surface area contributed by atoms with Gasteiger partial charge in [-0.15, -0.1) is 0 Å². The van der Waals surface area contributed by atoms with Gasteiger partial charge in [0.2, 0.25) is 0 Å². The maximum absolute atomic E-state index is 14.0. The first kappa shape index (κ1) is 17.0. The van der Waals surface area contributed by atoms with Crippen molar-refractivity contribution in [1.82, 2.24) is 5.32 Å². The van der Waals surface area contributed by atoms with Crippen molar-refractivity contribution in [3.8, 4) is 0 Å². The summed E-state index contributed by atoms with van der Waals surface area (Å²) in [6.45, 7) is 5.46. The predicted molar refractivity (Wildman–Crippen MR) is 74.8 cm³/mol. The quantitative estimate of drug-likeness (QED) is 0.708. The van der Waals surface area contributed by atoms with Crippen LogP contribution in [-0.4, -0.2) is 33.5 Å². The molecule has 0 heterocycles. The Hall–Kier alpha value is -1.04. The van der Waals surface area contributed by atoms with Gasteiger partial charge in [-0.05, 0) is 25.5 Å². The van der Waals surface area contributed by atoms with E-state index in [1.165, 1.54) is 0 Å². The van der Waals surface area contributed by atoms with Gasteiger partial charge in [-0.2, -0.15) is 0 Å². The zero-order chi connectivity index (χ0) is 15.0. The van der Waals surface area contributed by atoms with E-state index in [-0.39, 0.29) is 12.6 Å². The van der Waals surface area contributed by atoms with Gasteiger partial charge >= 0.3 is 0 Å². The van der Waals surface area contributed by atoms with E-state index in [1.807, 2.05) is 6.92 Å². The summed E-state index contributed by atoms with van der Waals surface area (Å²) in [4.78, 5) is 0. The fraction of sp³-hybridized carbons (Fsp3) is 0.600. The Bertz CT molecular complexity index is 413. The monoisotopic (exact) mass is 287 g/mol. The molecular weight excluding hydrogens is 264 g/mol. The lowest BCUT2D eigenvalue weighted by Crippen LogP contribution is -2.28. The van der Waals surface area contributed by atoms with Crippen LogP contribution in [-0.2, 0) is 9.47 Å². The van der Waals surface area contributed by atoms with Crippen molar-refractivity contribution in [1.29, 1.82) is 0 Å². The van der Waals surface area contributed by atoms with Crippen molar-refractivity contribution >= 4 is 0 Å². The highest BCUT2D eigenvalue weighted by molar-refractivity contribution is 5.28. The number of benzene rings is 1. The van der Waals surface area contributed by atoms with Gasteiger partial charge in [0.05, 0.1) is 25.9 Å². The summed E-state index contributed by atoms with van der Waals surface area (Å²) in [6.07, 6.45) is 0.907. The summed E-state index contributed by atoms with van der Waals surface area (Å²) in [5.41, 5.74) is 0.611. The Kier molecular flexibility index (Phi) is 7.65. The van der Waals surface area contributed by atoms with Crippen LogP contribution >= 0.6 is 0 Å². The molecule has 0 bridgehead atoms. The van der Waals surface area contributed by atoms with E-state index in [4.69, 9.17) is 9.47 Å². The minimum Gasteiger partial charge on any atom is -0.382 e. The van der Waals surface area contributed by atoms with Gasteiger partial charge in [-0.3, -0.25) is 0 Å². The first-order valence-electron chi connectivity index (χ1n) is 6.86. The average molecular weight is 287 g/mol. The van der Waals surface area contributed by atoms with Crippen LogP contribution in [0.25, 0.3) is 0 Å². The number of halogens is 2. The number of methoxy groups -OCH3 is 1. The van der Waals surface area contributed by atoms with Gasteiger partial charge in [-0.1, -0.05) is 19.1 Å². The fourth-order valence-electron chi connectivity index (χ4n) is 1.85. The van der Waals surface area contributed by atoms with Gasteiger partial charge in [0, 0.05) is 12.7 Å². The highest BCUT2D eigenvalue weighted by atomic mass is 19.2. The highest BCUT2D eigenvalue weighted by Crippen LogP contribution is 2.22. The van der Waals surface area contributed by atoms with Gasteiger partial charge in [-0.25, -0.2) is 8.78 Å². The van der Waals surface area contributed by atoms with Crippen molar-refractivity contribution in [2.75, 3.05) is 33.5 Å². The molecule has 0 amide bonds. The predicted octanol–water partition coefficient (Wildman–Crippen LogP) is 2.98. The average Bonchev–Trinajstić information content (AvgIpc) is 2.45. The van der Waals surface area contributed by atoms with Crippen LogP contribution < -0.4 is 5.32 Å². The number of rotatable bonds is 9. The Morgan fingerprint density at radius 1 is 1.20 bits per heavy atom. The molecule has 1 unspecified atom stereocenters. The summed E-state index contributed by atoms with van der Waals surface area (Å²) in [7, 11) is 1.59. The largest absolute Gasteiger partial charge is 0.382 e. The van der Waals surface area contributed by atoms with Crippen LogP contribution in [0.3, 0.4) is 0 Å². The number of nitrogens with one attached hydrogen (secondary N) is 1. The van der Waals surface area contributed by atoms with Crippen molar-refractivity contribution in [2.45, 2.75) is 26.3 Å². The Morgan fingerprint density at radius 3 is 2.60 bits per heavy atom. The first-order chi connectivity index (χ1) is 9.61. The molecule has 1 atom stereocenters. The Morgan fingerprint density at radius 2 is 1.95 bits per heavy atom. The summed E-state index contributed by atoms with van der Waals surface area (Å²) in [6, 6.07) is 2.84. The van der Waals surface area contributed by atoms with E-state index >= 15 is 0 Å². The van der Waals surface area contributed by atoms with Crippen LogP contribution in [0.5, 0.6) is 0 Å². The molecule has 0 saturated carbocycles. The van der Waals surface area contributed by atoms with E-state index < -0.39 is 11.6 Å². The van der Waals surface area contributed by atoms with Crippen LogP contribution in [0.1, 0.15) is 30.5 Å². The molecule has 0 saturated heterocycles. The zero-order valence-corrected chi connectivity index (χ0v) is 12.3. The minimum atomic E-state index is -0.797. The molecule has 0 aliphatic carbocycles. The van der Waals surface area contributed by atoms with Gasteiger partial charge < -0.3 is 14.8 Å². The van der Waals surface area contributed by atoms with Crippen molar-refractivity contribution in [2.24, 2.45) is 0 Å². The fourth-order valence-corrected chi connectivity index (χ4v) is 1.85. The van der Waals surface area contributed by atoms with Crippen molar-refractivity contribution < 1.29 is 18.3 Å². The third-order valence-corrected chi connectivity index (χ3v) is 3.04. The zero-order valence-electron chi connectivity index (χ0n) is 12.3. The van der Waals surface area contributed by atoms with Crippen LogP contribution in [0.2, 0.25) is 0 Å². The first-order valence-corrected chi connectivity index (χ1v) is 6.86. The lowest BCUT2D eigenvalue weighted by atomic mass is 10.0. The number of aryl methyl sites for hydroxylation is 1.